The number of non-ortho nitro benzene ring substituents is 4. The number of Topliss-reactive ketones (excluding diaryl/α,β-unsaturated/α-hetero) is 1. The normalized spacial score (nSPS) is 11.5. The number of nitro benzene ring substituents is 4. The van der Waals surface area contributed by atoms with Crippen LogP contribution in [0.2, 0.25) is 0 Å². The average molecular weight is 1680 g/mol. The molecule has 0 saturated carbocycles. The van der Waals surface area contributed by atoms with Gasteiger partial charge in [0.15, 0.2) is 5.78 Å². The van der Waals surface area contributed by atoms with Gasteiger partial charge in [0.05, 0.1) is 105 Å². The molecule has 0 aliphatic rings. The van der Waals surface area contributed by atoms with Crippen LogP contribution in [-0.4, -0.2) is 153 Å². The summed E-state index contributed by atoms with van der Waals surface area (Å²) in [5, 5.41) is 78.2. The van der Waals surface area contributed by atoms with Gasteiger partial charge in [0.1, 0.15) is 37.3 Å². The lowest BCUT2D eigenvalue weighted by Gasteiger charge is -2.39. The highest BCUT2D eigenvalue weighted by Crippen LogP contribution is 2.46. The summed E-state index contributed by atoms with van der Waals surface area (Å²) in [6.07, 6.45) is -5.79. The van der Waals surface area contributed by atoms with Crippen molar-refractivity contribution in [3.8, 4) is 0 Å². The Bertz CT molecular complexity index is 4390. The minimum atomic E-state index is -2.64. The van der Waals surface area contributed by atoms with E-state index in [2.05, 4.69) is 40.9 Å². The molecule has 0 saturated heterocycles. The largest absolute Gasteiger partial charge is 0.465 e. The fourth-order valence-electron chi connectivity index (χ4n) is 12.7. The first-order chi connectivity index (χ1) is 58.8. The minimum Gasteiger partial charge on any atom is -0.465 e. The van der Waals surface area contributed by atoms with Gasteiger partial charge in [-0.25, -0.2) is 0 Å². The Kier molecular flexibility index (Phi) is 35.9. The smallest absolute Gasteiger partial charge is 0.319 e. The van der Waals surface area contributed by atoms with E-state index >= 15 is 14.4 Å². The molecule has 0 unspecified atom stereocenters. The molecule has 122 heavy (non-hydrogen) atoms. The third-order valence-electron chi connectivity index (χ3n) is 19.5. The predicted octanol–water partition coefficient (Wildman–Crippen LogP) is 18.3. The van der Waals surface area contributed by atoms with Crippen LogP contribution in [0.15, 0.2) is 235 Å². The van der Waals surface area contributed by atoms with E-state index in [1.54, 1.807) is 97.1 Å². The monoisotopic (exact) mass is 1670 g/mol. The quantitative estimate of drug-likeness (QED) is 0.00853. The molecule has 0 N–H and O–H groups in total. The van der Waals surface area contributed by atoms with Gasteiger partial charge in [0.25, 0.3) is 22.7 Å². The molecule has 8 aromatic rings. The molecular formula is C85H94N16O21. The van der Waals surface area contributed by atoms with Gasteiger partial charge >= 0.3 is 35.8 Å². The van der Waals surface area contributed by atoms with Crippen LogP contribution in [0.4, 0.5) is 91.0 Å². The summed E-state index contributed by atoms with van der Waals surface area (Å²) >= 11 is 0. The zero-order valence-corrected chi connectivity index (χ0v) is 68.3. The molecule has 640 valence electrons. The molecule has 0 heterocycles. The number of ether oxygens (including phenoxy) is 6. The molecule has 0 atom stereocenters. The van der Waals surface area contributed by atoms with Crippen molar-refractivity contribution in [1.82, 2.24) is 0 Å². The van der Waals surface area contributed by atoms with Crippen molar-refractivity contribution in [2.45, 2.75) is 92.9 Å². The number of esters is 6. The highest BCUT2D eigenvalue weighted by Gasteiger charge is 2.59. The van der Waals surface area contributed by atoms with Crippen molar-refractivity contribution in [3.05, 3.63) is 235 Å². The van der Waals surface area contributed by atoms with E-state index in [-0.39, 0.29) is 88.6 Å². The zero-order valence-electron chi connectivity index (χ0n) is 68.3. The SMILES string of the molecule is CCOC(=O)C(CCC(=O)OCCN(CC)c1ccc(/N=N/c2ccc([N+](=O)[O-])cc2)cc1)(CCC(=O)OCCN(CC)c1ccc(/N=N/c2ccc([N+](=O)[O-])cc2)cc1)C(=O)C(CCC(=O)OCCN(CC)c1ccc(/N=N/c2ccc([N+](=O)[O-])cc2)cc1)(CCC(=O)OCCN(CC)c1ccc(/N=N/c2ccc([N+](=O)[O-])cc2)cc1)C(=O)OCC. The van der Waals surface area contributed by atoms with Gasteiger partial charge < -0.3 is 48.0 Å². The van der Waals surface area contributed by atoms with E-state index in [4.69, 9.17) is 28.4 Å². The summed E-state index contributed by atoms with van der Waals surface area (Å²) in [6.45, 7) is 11.0. The van der Waals surface area contributed by atoms with Crippen LogP contribution in [0.3, 0.4) is 0 Å². The van der Waals surface area contributed by atoms with Crippen molar-refractivity contribution in [2.24, 2.45) is 51.7 Å². The number of likely N-dealkylation sites (N-methyl/N-ethyl adjacent to an activating group) is 4. The number of carbonyl (C=O) groups is 7. The van der Waals surface area contributed by atoms with Crippen LogP contribution in [0.25, 0.3) is 0 Å². The first kappa shape index (κ1) is 93.0. The highest BCUT2D eigenvalue weighted by molar-refractivity contribution is 6.15. The fraction of sp³-hybridized carbons (Fsp3) is 0.353. The summed E-state index contributed by atoms with van der Waals surface area (Å²) in [6, 6.07) is 49.8. The Balaban J connectivity index is 1.05. The van der Waals surface area contributed by atoms with Crippen molar-refractivity contribution in [1.29, 1.82) is 0 Å². The Morgan fingerprint density at radius 3 is 0.607 bits per heavy atom. The molecule has 37 heteroatoms. The maximum absolute atomic E-state index is 16.7. The topological polar surface area (TPSA) is 459 Å². The third-order valence-corrected chi connectivity index (χ3v) is 19.5. The maximum Gasteiger partial charge on any atom is 0.319 e. The molecule has 8 aromatic carbocycles. The Hall–Kier alpha value is -14.6. The lowest BCUT2D eigenvalue weighted by atomic mass is 9.62. The van der Waals surface area contributed by atoms with Gasteiger partial charge in [-0.05, 0) is 213 Å². The number of benzene rings is 8. The zero-order chi connectivity index (χ0) is 88.0. The Morgan fingerprint density at radius 1 is 0.279 bits per heavy atom. The van der Waals surface area contributed by atoms with E-state index in [0.717, 1.165) is 0 Å². The molecule has 0 aliphatic heterocycles. The third kappa shape index (κ3) is 27.8. The first-order valence-corrected chi connectivity index (χ1v) is 39.4. The molecular weight excluding hydrogens is 1580 g/mol. The van der Waals surface area contributed by atoms with Crippen LogP contribution >= 0.6 is 0 Å². The van der Waals surface area contributed by atoms with Gasteiger partial charge in [0, 0.05) is 123 Å². The number of nitro groups is 4. The standard InChI is InChI=1S/C85H94N16O21/c1-7-94(69-29-13-61(14-30-69)86-90-65-21-37-73(38-22-65)98(109)110)53-57-119-77(102)45-49-84(82(107)117-11-5,50-46-78(103)120-58-54-95(8-2)70-31-15-62(16-32-70)87-91-66-23-39-74(40-24-66)99(111)112)81(106)85(83(108)118-12-6,51-47-79(104)121-59-55-96(9-3)71-33-17-63(18-34-71)88-92-67-25-41-75(42-26-67)100(113)114)52-48-80(105)122-60-56-97(10-4)72-35-19-64(20-36-72)89-93-68-27-43-76(44-28-68)101(115)116/h13-44H,7-12,45-60H2,1-6H3/b90-86+,91-87+,92-88+,93-89+. The number of azo groups is 4. The average Bonchev–Trinajstić information content (AvgIpc) is 0.749. The van der Waals surface area contributed by atoms with E-state index in [1.807, 2.05) is 47.3 Å². The second-order valence-electron chi connectivity index (χ2n) is 27.1. The summed E-state index contributed by atoms with van der Waals surface area (Å²) in [4.78, 5) is 155. The summed E-state index contributed by atoms with van der Waals surface area (Å²) in [7, 11) is 0. The molecule has 0 amide bonds. The van der Waals surface area contributed by atoms with E-state index in [9.17, 15) is 59.6 Å². The fourth-order valence-corrected chi connectivity index (χ4v) is 12.7. The highest BCUT2D eigenvalue weighted by atomic mass is 16.6. The van der Waals surface area contributed by atoms with Gasteiger partial charge in [-0.3, -0.25) is 74.0 Å². The van der Waals surface area contributed by atoms with E-state index in [1.165, 1.54) is 111 Å². The molecule has 0 fully saturated rings. The van der Waals surface area contributed by atoms with Gasteiger partial charge in [-0.1, -0.05) is 0 Å². The van der Waals surface area contributed by atoms with E-state index < -0.39 is 123 Å². The van der Waals surface area contributed by atoms with Crippen LogP contribution < -0.4 is 19.6 Å². The van der Waals surface area contributed by atoms with Crippen molar-refractivity contribution < 1.29 is 81.7 Å². The first-order valence-electron chi connectivity index (χ1n) is 39.4. The number of hydrogen-bond acceptors (Lipinski definition) is 33. The summed E-state index contributed by atoms with van der Waals surface area (Å²) in [5.41, 5.74) is 0.508. The van der Waals surface area contributed by atoms with Crippen LogP contribution in [-0.2, 0) is 62.0 Å². The minimum absolute atomic E-state index is 0.103. The number of carbonyl (C=O) groups excluding carboxylic acids is 7. The van der Waals surface area contributed by atoms with Crippen LogP contribution in [0, 0.1) is 51.3 Å². The number of hydrogen-bond donors (Lipinski definition) is 0. The second kappa shape index (κ2) is 47.1. The number of ketones is 1. The van der Waals surface area contributed by atoms with Gasteiger partial charge in [0.2, 0.25) is 0 Å². The lowest BCUT2D eigenvalue weighted by Crippen LogP contribution is -2.54. The Labute approximate surface area is 702 Å². The predicted molar refractivity (Wildman–Crippen MR) is 450 cm³/mol. The van der Waals surface area contributed by atoms with Gasteiger partial charge in [-0.2, -0.15) is 40.9 Å². The van der Waals surface area contributed by atoms with Crippen LogP contribution in [0.1, 0.15) is 92.9 Å². The molecule has 37 nitrogen and oxygen atoms in total. The molecule has 0 spiro atoms. The number of anilines is 4. The second-order valence-corrected chi connectivity index (χ2v) is 27.1. The molecule has 0 bridgehead atoms. The van der Waals surface area contributed by atoms with Crippen molar-refractivity contribution in [2.75, 3.05) is 112 Å². The molecule has 8 rings (SSSR count). The van der Waals surface area contributed by atoms with Crippen molar-refractivity contribution >= 4 is 133 Å². The van der Waals surface area contributed by atoms with Crippen molar-refractivity contribution in [3.63, 3.8) is 0 Å². The van der Waals surface area contributed by atoms with E-state index in [0.29, 0.717) is 94.4 Å². The van der Waals surface area contributed by atoms with Crippen LogP contribution in [0.5, 0.6) is 0 Å². The van der Waals surface area contributed by atoms with Gasteiger partial charge in [-0.15, -0.1) is 0 Å². The molecule has 0 radical (unpaired) electrons. The Morgan fingerprint density at radius 2 is 0.451 bits per heavy atom. The number of rotatable bonds is 50. The number of nitrogens with zero attached hydrogens (tertiary/aromatic N) is 16. The summed E-state index contributed by atoms with van der Waals surface area (Å²) < 4.78 is 34.7. The summed E-state index contributed by atoms with van der Waals surface area (Å²) in [5.74, 6) is -7.41. The molecule has 0 aliphatic carbocycles. The molecule has 0 aromatic heterocycles. The lowest BCUT2D eigenvalue weighted by molar-refractivity contribution is -0.385. The maximum atomic E-state index is 16.7.